The molecule has 1 atom stereocenters. The van der Waals surface area contributed by atoms with Gasteiger partial charge in [0.15, 0.2) is 11.5 Å². The molecule has 1 aromatic carbocycles. The Labute approximate surface area is 99.7 Å². The van der Waals surface area contributed by atoms with Crippen LogP contribution in [0.15, 0.2) is 18.2 Å². The third kappa shape index (κ3) is 2.50. The number of amides is 1. The average molecular weight is 237 g/mol. The Bertz CT molecular complexity index is 409. The Morgan fingerprint density at radius 2 is 2.06 bits per heavy atom. The number of hydrogen-bond acceptors (Lipinski definition) is 4. The number of rotatable bonds is 3. The summed E-state index contributed by atoms with van der Waals surface area (Å²) >= 11 is 0. The normalized spacial score (nSPS) is 19.6. The lowest BCUT2D eigenvalue weighted by Gasteiger charge is -2.24. The standard InChI is InChI=1S/C12H15NO4/c1-15-9-4-3-8(5-10(9)16-2)11-6-13-12(14)7-17-11/h3-5,11H,6-7H2,1-2H3,(H,13,14). The van der Waals surface area contributed by atoms with Crippen molar-refractivity contribution in [2.24, 2.45) is 0 Å². The van der Waals surface area contributed by atoms with Gasteiger partial charge in [-0.05, 0) is 17.7 Å². The summed E-state index contributed by atoms with van der Waals surface area (Å²) in [5.74, 6) is 1.25. The summed E-state index contributed by atoms with van der Waals surface area (Å²) < 4.78 is 15.8. The van der Waals surface area contributed by atoms with Gasteiger partial charge in [-0.3, -0.25) is 4.79 Å². The van der Waals surface area contributed by atoms with Gasteiger partial charge >= 0.3 is 0 Å². The van der Waals surface area contributed by atoms with Crippen LogP contribution in [-0.2, 0) is 9.53 Å². The maximum atomic E-state index is 11.0. The van der Waals surface area contributed by atoms with Crippen molar-refractivity contribution < 1.29 is 19.0 Å². The molecule has 1 aliphatic rings. The molecule has 0 aromatic heterocycles. The lowest BCUT2D eigenvalue weighted by molar-refractivity contribution is -0.133. The molecular weight excluding hydrogens is 222 g/mol. The predicted molar refractivity (Wildman–Crippen MR) is 61.2 cm³/mol. The summed E-state index contributed by atoms with van der Waals surface area (Å²) in [5, 5.41) is 2.76. The van der Waals surface area contributed by atoms with Gasteiger partial charge in [-0.15, -0.1) is 0 Å². The van der Waals surface area contributed by atoms with Crippen molar-refractivity contribution in [3.8, 4) is 11.5 Å². The first-order chi connectivity index (χ1) is 8.24. The number of methoxy groups -OCH3 is 2. The second-order valence-electron chi connectivity index (χ2n) is 3.72. The van der Waals surface area contributed by atoms with Crippen LogP contribution in [0.4, 0.5) is 0 Å². The first-order valence-corrected chi connectivity index (χ1v) is 5.35. The van der Waals surface area contributed by atoms with Gasteiger partial charge in [-0.2, -0.15) is 0 Å². The molecule has 5 heteroatoms. The predicted octanol–water partition coefficient (Wildman–Crippen LogP) is 0.891. The Balaban J connectivity index is 2.18. The molecule has 1 amide bonds. The Hall–Kier alpha value is -1.75. The fraction of sp³-hybridized carbons (Fsp3) is 0.417. The van der Waals surface area contributed by atoms with E-state index < -0.39 is 0 Å². The molecule has 1 fully saturated rings. The minimum atomic E-state index is -0.132. The van der Waals surface area contributed by atoms with Crippen LogP contribution in [0, 0.1) is 0 Å². The fourth-order valence-electron chi connectivity index (χ4n) is 1.76. The summed E-state index contributed by atoms with van der Waals surface area (Å²) in [6.45, 7) is 0.577. The zero-order valence-corrected chi connectivity index (χ0v) is 9.86. The maximum Gasteiger partial charge on any atom is 0.246 e. The largest absolute Gasteiger partial charge is 0.493 e. The van der Waals surface area contributed by atoms with Crippen LogP contribution < -0.4 is 14.8 Å². The van der Waals surface area contributed by atoms with E-state index in [1.54, 1.807) is 14.2 Å². The maximum absolute atomic E-state index is 11.0. The topological polar surface area (TPSA) is 56.8 Å². The zero-order chi connectivity index (χ0) is 12.3. The van der Waals surface area contributed by atoms with Crippen molar-refractivity contribution in [3.05, 3.63) is 23.8 Å². The lowest BCUT2D eigenvalue weighted by Crippen LogP contribution is -2.38. The van der Waals surface area contributed by atoms with E-state index in [1.807, 2.05) is 18.2 Å². The molecule has 0 aliphatic carbocycles. The van der Waals surface area contributed by atoms with Gasteiger partial charge in [0.05, 0.1) is 14.2 Å². The molecule has 0 saturated carbocycles. The number of ether oxygens (including phenoxy) is 3. The minimum absolute atomic E-state index is 0.0817. The molecular formula is C12H15NO4. The van der Waals surface area contributed by atoms with Gasteiger partial charge in [-0.25, -0.2) is 0 Å². The highest BCUT2D eigenvalue weighted by molar-refractivity contribution is 5.77. The summed E-state index contributed by atoms with van der Waals surface area (Å²) in [7, 11) is 3.18. The Morgan fingerprint density at radius 3 is 2.65 bits per heavy atom. The molecule has 1 N–H and O–H groups in total. The van der Waals surface area contributed by atoms with Gasteiger partial charge in [0, 0.05) is 6.54 Å². The number of carbonyl (C=O) groups is 1. The van der Waals surface area contributed by atoms with E-state index in [0.717, 1.165) is 5.56 Å². The molecule has 5 nitrogen and oxygen atoms in total. The molecule has 1 unspecified atom stereocenters. The number of morpholine rings is 1. The van der Waals surface area contributed by atoms with Gasteiger partial charge in [0.25, 0.3) is 0 Å². The molecule has 17 heavy (non-hydrogen) atoms. The molecule has 0 radical (unpaired) electrons. The highest BCUT2D eigenvalue weighted by Crippen LogP contribution is 2.31. The van der Waals surface area contributed by atoms with Crippen LogP contribution in [0.25, 0.3) is 0 Å². The van der Waals surface area contributed by atoms with Gasteiger partial charge in [0.2, 0.25) is 5.91 Å². The van der Waals surface area contributed by atoms with E-state index >= 15 is 0 Å². The van der Waals surface area contributed by atoms with E-state index in [9.17, 15) is 4.79 Å². The molecule has 1 saturated heterocycles. The second-order valence-corrected chi connectivity index (χ2v) is 3.72. The van der Waals surface area contributed by atoms with Crippen LogP contribution in [0.2, 0.25) is 0 Å². The molecule has 0 bridgehead atoms. The van der Waals surface area contributed by atoms with Crippen LogP contribution in [-0.4, -0.2) is 33.3 Å². The monoisotopic (exact) mass is 237 g/mol. The summed E-state index contributed by atoms with van der Waals surface area (Å²) in [6.07, 6.45) is -0.132. The van der Waals surface area contributed by atoms with Gasteiger partial charge in [-0.1, -0.05) is 6.07 Å². The molecule has 1 aromatic rings. The first kappa shape index (κ1) is 11.7. The Kier molecular flexibility index (Phi) is 3.49. The molecule has 1 heterocycles. The summed E-state index contributed by atoms with van der Waals surface area (Å²) in [5.41, 5.74) is 0.961. The van der Waals surface area contributed by atoms with E-state index in [2.05, 4.69) is 5.32 Å². The highest BCUT2D eigenvalue weighted by atomic mass is 16.5. The van der Waals surface area contributed by atoms with E-state index in [1.165, 1.54) is 0 Å². The van der Waals surface area contributed by atoms with Crippen molar-refractivity contribution in [2.45, 2.75) is 6.10 Å². The fourth-order valence-corrected chi connectivity index (χ4v) is 1.76. The van der Waals surface area contributed by atoms with E-state index in [4.69, 9.17) is 14.2 Å². The molecule has 0 spiro atoms. The van der Waals surface area contributed by atoms with E-state index in [-0.39, 0.29) is 18.6 Å². The van der Waals surface area contributed by atoms with Gasteiger partial charge in [0.1, 0.15) is 12.7 Å². The van der Waals surface area contributed by atoms with Crippen LogP contribution in [0.1, 0.15) is 11.7 Å². The summed E-state index contributed by atoms with van der Waals surface area (Å²) in [6, 6.07) is 5.60. The lowest BCUT2D eigenvalue weighted by atomic mass is 10.1. The van der Waals surface area contributed by atoms with Crippen LogP contribution >= 0.6 is 0 Å². The number of benzene rings is 1. The molecule has 1 aliphatic heterocycles. The quantitative estimate of drug-likeness (QED) is 0.848. The van der Waals surface area contributed by atoms with Crippen LogP contribution in [0.3, 0.4) is 0 Å². The van der Waals surface area contributed by atoms with Crippen molar-refractivity contribution in [1.29, 1.82) is 0 Å². The first-order valence-electron chi connectivity index (χ1n) is 5.35. The minimum Gasteiger partial charge on any atom is -0.493 e. The smallest absolute Gasteiger partial charge is 0.246 e. The Morgan fingerprint density at radius 1 is 1.29 bits per heavy atom. The highest BCUT2D eigenvalue weighted by Gasteiger charge is 2.21. The average Bonchev–Trinajstić information content (AvgIpc) is 2.39. The second kappa shape index (κ2) is 5.05. The number of nitrogens with one attached hydrogen (secondary N) is 1. The molecule has 92 valence electrons. The van der Waals surface area contributed by atoms with Gasteiger partial charge < -0.3 is 19.5 Å². The summed E-state index contributed by atoms with van der Waals surface area (Å²) in [4.78, 5) is 11.0. The third-order valence-electron chi connectivity index (χ3n) is 2.68. The third-order valence-corrected chi connectivity index (χ3v) is 2.68. The van der Waals surface area contributed by atoms with Crippen LogP contribution in [0.5, 0.6) is 11.5 Å². The van der Waals surface area contributed by atoms with Crippen molar-refractivity contribution in [2.75, 3.05) is 27.4 Å². The number of carbonyl (C=O) groups excluding carboxylic acids is 1. The van der Waals surface area contributed by atoms with E-state index in [0.29, 0.717) is 18.0 Å². The zero-order valence-electron chi connectivity index (χ0n) is 9.86. The van der Waals surface area contributed by atoms with Crippen molar-refractivity contribution >= 4 is 5.91 Å². The SMILES string of the molecule is COc1ccc(C2CNC(=O)CO2)cc1OC. The van der Waals surface area contributed by atoms with Crippen molar-refractivity contribution in [1.82, 2.24) is 5.32 Å². The number of hydrogen-bond donors (Lipinski definition) is 1. The molecule has 2 rings (SSSR count). The van der Waals surface area contributed by atoms with Crippen molar-refractivity contribution in [3.63, 3.8) is 0 Å².